The molecule has 2 heterocycles. The molecular formula is C12H16N4O3. The Hall–Kier alpha value is -2.15. The molecule has 1 aromatic rings. The Morgan fingerprint density at radius 3 is 2.89 bits per heavy atom. The van der Waals surface area contributed by atoms with Crippen molar-refractivity contribution < 1.29 is 14.3 Å². The normalized spacial score (nSPS) is 25.2. The summed E-state index contributed by atoms with van der Waals surface area (Å²) in [5.41, 5.74) is 6.26. The molecule has 0 aliphatic carbocycles. The summed E-state index contributed by atoms with van der Waals surface area (Å²) in [6.07, 6.45) is -0.198. The van der Waals surface area contributed by atoms with Crippen LogP contribution >= 0.6 is 0 Å². The van der Waals surface area contributed by atoms with Gasteiger partial charge in [-0.15, -0.1) is 0 Å². The third kappa shape index (κ3) is 2.50. The van der Waals surface area contributed by atoms with Crippen molar-refractivity contribution in [1.29, 1.82) is 0 Å². The molecule has 7 nitrogen and oxygen atoms in total. The number of anilines is 1. The van der Waals surface area contributed by atoms with Gasteiger partial charge >= 0.3 is 6.03 Å². The minimum Gasteiger partial charge on any atom is -0.486 e. The Bertz CT molecular complexity index is 494. The average Bonchev–Trinajstić information content (AvgIpc) is 2.43. The highest BCUT2D eigenvalue weighted by atomic mass is 16.6. The van der Waals surface area contributed by atoms with Gasteiger partial charge < -0.3 is 20.1 Å². The summed E-state index contributed by atoms with van der Waals surface area (Å²) in [5.74, 6) is 1.47. The van der Waals surface area contributed by atoms with Crippen LogP contribution in [0.4, 0.5) is 10.5 Å². The predicted molar refractivity (Wildman–Crippen MR) is 69.1 cm³/mol. The van der Waals surface area contributed by atoms with Crippen LogP contribution in [0.25, 0.3) is 0 Å². The quantitative estimate of drug-likeness (QED) is 0.621. The molecule has 0 saturated carbocycles. The second-order valence-corrected chi connectivity index (χ2v) is 4.51. The molecule has 2 amide bonds. The standard InChI is InChI=1S/C12H16N4O3/c1-7-11(14-12(17)16-15-7)13-8-2-3-9-10(6-8)19-5-4-18-9/h2-3,6-7,11,13,15H,4-5H2,1H3,(H2,14,16,17). The molecular weight excluding hydrogens is 248 g/mol. The number of fused-ring (bicyclic) bond motifs is 1. The van der Waals surface area contributed by atoms with Gasteiger partial charge in [0, 0.05) is 11.8 Å². The van der Waals surface area contributed by atoms with Gasteiger partial charge in [-0.1, -0.05) is 0 Å². The van der Waals surface area contributed by atoms with E-state index in [0.29, 0.717) is 13.2 Å². The zero-order chi connectivity index (χ0) is 13.2. The molecule has 1 fully saturated rings. The van der Waals surface area contributed by atoms with E-state index in [2.05, 4.69) is 21.5 Å². The van der Waals surface area contributed by atoms with Crippen LogP contribution in [0.2, 0.25) is 0 Å². The molecule has 2 atom stereocenters. The molecule has 19 heavy (non-hydrogen) atoms. The average molecular weight is 264 g/mol. The first-order valence-corrected chi connectivity index (χ1v) is 6.20. The molecule has 0 spiro atoms. The lowest BCUT2D eigenvalue weighted by atomic mass is 10.2. The molecule has 2 aliphatic heterocycles. The fourth-order valence-corrected chi connectivity index (χ4v) is 2.04. The summed E-state index contributed by atoms with van der Waals surface area (Å²) < 4.78 is 11.0. The first-order valence-electron chi connectivity index (χ1n) is 6.20. The zero-order valence-electron chi connectivity index (χ0n) is 10.5. The van der Waals surface area contributed by atoms with E-state index in [9.17, 15) is 4.79 Å². The van der Waals surface area contributed by atoms with Crippen LogP contribution < -0.4 is 31.0 Å². The number of carbonyl (C=O) groups is 1. The zero-order valence-corrected chi connectivity index (χ0v) is 10.5. The molecule has 1 saturated heterocycles. The molecule has 0 aromatic heterocycles. The van der Waals surface area contributed by atoms with Crippen LogP contribution in [0.3, 0.4) is 0 Å². The topological polar surface area (TPSA) is 83.7 Å². The van der Waals surface area contributed by atoms with Crippen LogP contribution in [0, 0.1) is 0 Å². The number of ether oxygens (including phenoxy) is 2. The Labute approximate surface area is 110 Å². The van der Waals surface area contributed by atoms with Crippen LogP contribution in [-0.4, -0.2) is 31.5 Å². The maximum Gasteiger partial charge on any atom is 0.330 e. The third-order valence-corrected chi connectivity index (χ3v) is 3.06. The van der Waals surface area contributed by atoms with E-state index >= 15 is 0 Å². The highest BCUT2D eigenvalue weighted by Gasteiger charge is 2.24. The van der Waals surface area contributed by atoms with Gasteiger partial charge in [0.2, 0.25) is 0 Å². The second-order valence-electron chi connectivity index (χ2n) is 4.51. The van der Waals surface area contributed by atoms with Crippen molar-refractivity contribution >= 4 is 11.7 Å². The highest BCUT2D eigenvalue weighted by Crippen LogP contribution is 2.32. The smallest absolute Gasteiger partial charge is 0.330 e. The first kappa shape index (κ1) is 11.9. The number of carbonyl (C=O) groups excluding carboxylic acids is 1. The van der Waals surface area contributed by atoms with Gasteiger partial charge in [0.1, 0.15) is 19.4 Å². The summed E-state index contributed by atoms with van der Waals surface area (Å²) in [4.78, 5) is 11.3. The Kier molecular flexibility index (Phi) is 3.04. The Balaban J connectivity index is 1.73. The van der Waals surface area contributed by atoms with Gasteiger partial charge in [-0.05, 0) is 19.1 Å². The molecule has 3 rings (SSSR count). The third-order valence-electron chi connectivity index (χ3n) is 3.06. The number of hydrogen-bond donors (Lipinski definition) is 4. The Morgan fingerprint density at radius 2 is 2.05 bits per heavy atom. The van der Waals surface area contributed by atoms with Crippen molar-refractivity contribution in [2.24, 2.45) is 0 Å². The second kappa shape index (κ2) is 4.85. The number of hydrazine groups is 1. The molecule has 102 valence electrons. The minimum atomic E-state index is -0.256. The number of amides is 2. The van der Waals surface area contributed by atoms with Gasteiger partial charge in [-0.3, -0.25) is 5.43 Å². The van der Waals surface area contributed by atoms with E-state index in [1.165, 1.54) is 0 Å². The molecule has 4 N–H and O–H groups in total. The number of urea groups is 1. The summed E-state index contributed by atoms with van der Waals surface area (Å²) >= 11 is 0. The van der Waals surface area contributed by atoms with Gasteiger partial charge in [0.05, 0.1) is 6.04 Å². The van der Waals surface area contributed by atoms with Crippen molar-refractivity contribution in [3.05, 3.63) is 18.2 Å². The van der Waals surface area contributed by atoms with Gasteiger partial charge in [0.25, 0.3) is 0 Å². The number of benzene rings is 1. The van der Waals surface area contributed by atoms with Crippen molar-refractivity contribution in [3.63, 3.8) is 0 Å². The lowest BCUT2D eigenvalue weighted by Gasteiger charge is -2.32. The maximum atomic E-state index is 11.3. The highest BCUT2D eigenvalue weighted by molar-refractivity contribution is 5.75. The SMILES string of the molecule is CC1NNC(=O)NC1Nc1ccc2c(c1)OCCO2. The van der Waals surface area contributed by atoms with Crippen LogP contribution in [-0.2, 0) is 0 Å². The van der Waals surface area contributed by atoms with Crippen LogP contribution in [0.5, 0.6) is 11.5 Å². The van der Waals surface area contributed by atoms with Crippen LogP contribution in [0.1, 0.15) is 6.92 Å². The molecule has 0 radical (unpaired) electrons. The molecule has 2 aliphatic rings. The molecule has 7 heteroatoms. The van der Waals surface area contributed by atoms with Crippen molar-refractivity contribution in [1.82, 2.24) is 16.2 Å². The first-order chi connectivity index (χ1) is 9.22. The Morgan fingerprint density at radius 1 is 1.26 bits per heavy atom. The van der Waals surface area contributed by atoms with E-state index in [-0.39, 0.29) is 18.2 Å². The number of nitrogens with one attached hydrogen (secondary N) is 4. The minimum absolute atomic E-state index is 0.0471. The van der Waals surface area contributed by atoms with E-state index in [0.717, 1.165) is 17.2 Å². The fourth-order valence-electron chi connectivity index (χ4n) is 2.04. The lowest BCUT2D eigenvalue weighted by molar-refractivity contribution is 0.171. The molecule has 2 unspecified atom stereocenters. The summed E-state index contributed by atoms with van der Waals surface area (Å²) in [5, 5.41) is 6.04. The van der Waals surface area contributed by atoms with E-state index in [1.54, 1.807) is 0 Å². The summed E-state index contributed by atoms with van der Waals surface area (Å²) in [7, 11) is 0. The van der Waals surface area contributed by atoms with E-state index in [4.69, 9.17) is 9.47 Å². The predicted octanol–water partition coefficient (Wildman–Crippen LogP) is 0.402. The number of hydrogen-bond acceptors (Lipinski definition) is 5. The number of rotatable bonds is 2. The van der Waals surface area contributed by atoms with Crippen molar-refractivity contribution in [2.75, 3.05) is 18.5 Å². The lowest BCUT2D eigenvalue weighted by Crippen LogP contribution is -2.65. The summed E-state index contributed by atoms with van der Waals surface area (Å²) in [6.45, 7) is 3.09. The molecule has 0 bridgehead atoms. The van der Waals surface area contributed by atoms with Gasteiger partial charge in [-0.25, -0.2) is 10.2 Å². The van der Waals surface area contributed by atoms with Gasteiger partial charge in [-0.2, -0.15) is 0 Å². The van der Waals surface area contributed by atoms with E-state index in [1.807, 2.05) is 25.1 Å². The maximum absolute atomic E-state index is 11.3. The fraction of sp³-hybridized carbons (Fsp3) is 0.417. The van der Waals surface area contributed by atoms with Crippen molar-refractivity contribution in [3.8, 4) is 11.5 Å². The largest absolute Gasteiger partial charge is 0.486 e. The summed E-state index contributed by atoms with van der Waals surface area (Å²) in [6, 6.07) is 5.42. The van der Waals surface area contributed by atoms with Crippen molar-refractivity contribution in [2.45, 2.75) is 19.1 Å². The van der Waals surface area contributed by atoms with Crippen LogP contribution in [0.15, 0.2) is 18.2 Å². The van der Waals surface area contributed by atoms with Gasteiger partial charge in [0.15, 0.2) is 11.5 Å². The van der Waals surface area contributed by atoms with E-state index < -0.39 is 0 Å². The molecule has 1 aromatic carbocycles. The monoisotopic (exact) mass is 264 g/mol.